The van der Waals surface area contributed by atoms with Crippen molar-refractivity contribution in [3.63, 3.8) is 0 Å². The molecule has 0 aromatic heterocycles. The van der Waals surface area contributed by atoms with Gasteiger partial charge in [-0.05, 0) is 18.4 Å². The zero-order valence-electron chi connectivity index (χ0n) is 10.3. The number of hydrogen-bond donors (Lipinski definition) is 0. The molecular weight excluding hydrogens is 246 g/mol. The lowest BCUT2D eigenvalue weighted by Gasteiger charge is -2.31. The van der Waals surface area contributed by atoms with Crippen LogP contribution in [0.15, 0.2) is 35.1 Å². The number of nitrogens with zero attached hydrogens (tertiary/aromatic N) is 1. The van der Waals surface area contributed by atoms with Crippen molar-refractivity contribution in [1.29, 1.82) is 0 Å². The first-order valence-corrected chi connectivity index (χ1v) is 6.50. The van der Waals surface area contributed by atoms with Crippen LogP contribution >= 0.6 is 0 Å². The van der Waals surface area contributed by atoms with Gasteiger partial charge in [0.25, 0.3) is 0 Å². The summed E-state index contributed by atoms with van der Waals surface area (Å²) in [5.41, 5.74) is 3.44. The Bertz CT molecular complexity index is 572. The van der Waals surface area contributed by atoms with Crippen molar-refractivity contribution in [1.82, 2.24) is 4.90 Å². The molecule has 0 N–H and O–H groups in total. The van der Waals surface area contributed by atoms with Gasteiger partial charge in [0, 0.05) is 12.1 Å². The molecular formula is C14H13NO4. The highest BCUT2D eigenvalue weighted by Gasteiger charge is 2.49. The van der Waals surface area contributed by atoms with Gasteiger partial charge in [-0.15, -0.1) is 0 Å². The first-order chi connectivity index (χ1) is 9.24. The molecule has 5 heteroatoms. The van der Waals surface area contributed by atoms with E-state index < -0.39 is 18.0 Å². The van der Waals surface area contributed by atoms with Gasteiger partial charge in [0.1, 0.15) is 0 Å². The normalized spacial score (nSPS) is 32.2. The third-order valence-electron chi connectivity index (χ3n) is 4.07. The molecule has 0 radical (unpaired) electrons. The number of esters is 2. The maximum atomic E-state index is 11.4. The number of allylic oxidation sites excluding steroid dienone is 4. The average molecular weight is 259 g/mol. The van der Waals surface area contributed by atoms with E-state index in [0.29, 0.717) is 6.54 Å². The highest BCUT2D eigenvalue weighted by atomic mass is 16.7. The molecule has 2 unspecified atom stereocenters. The van der Waals surface area contributed by atoms with Gasteiger partial charge in [0.05, 0.1) is 12.2 Å². The summed E-state index contributed by atoms with van der Waals surface area (Å²) in [5, 5.41) is 0. The zero-order valence-corrected chi connectivity index (χ0v) is 10.3. The number of carbonyl (C=O) groups is 2. The molecule has 0 saturated carbocycles. The van der Waals surface area contributed by atoms with E-state index in [-0.39, 0.29) is 6.10 Å². The van der Waals surface area contributed by atoms with Gasteiger partial charge >= 0.3 is 11.9 Å². The van der Waals surface area contributed by atoms with Crippen LogP contribution < -0.4 is 0 Å². The van der Waals surface area contributed by atoms with Crippen molar-refractivity contribution in [2.45, 2.75) is 25.0 Å². The maximum Gasteiger partial charge on any atom is 0.418 e. The molecule has 19 heavy (non-hydrogen) atoms. The van der Waals surface area contributed by atoms with E-state index in [0.717, 1.165) is 30.7 Å². The summed E-state index contributed by atoms with van der Waals surface area (Å²) in [4.78, 5) is 24.8. The number of ether oxygens (including phenoxy) is 2. The van der Waals surface area contributed by atoms with Crippen molar-refractivity contribution in [3.05, 3.63) is 35.1 Å². The molecule has 0 bridgehead atoms. The van der Waals surface area contributed by atoms with Crippen LogP contribution in [0.3, 0.4) is 0 Å². The fourth-order valence-electron chi connectivity index (χ4n) is 3.24. The fourth-order valence-corrected chi connectivity index (χ4v) is 3.24. The molecule has 0 spiro atoms. The topological polar surface area (TPSA) is 55.8 Å². The minimum absolute atomic E-state index is 0.359. The fraction of sp³-hybridized carbons (Fsp3) is 0.429. The molecule has 0 amide bonds. The standard InChI is InChI=1S/C14H13NO4/c16-13-14(17)19-12-10(18-13)7-15-6-5-8-3-1-2-4-9(8)11(12)15/h2-4,10,12H,1,5-7H2. The van der Waals surface area contributed by atoms with E-state index in [1.54, 1.807) is 0 Å². The number of carbonyl (C=O) groups excluding carboxylic acids is 2. The second-order valence-electron chi connectivity index (χ2n) is 5.13. The second kappa shape index (κ2) is 3.73. The summed E-state index contributed by atoms with van der Waals surface area (Å²) < 4.78 is 10.4. The Morgan fingerprint density at radius 2 is 2.05 bits per heavy atom. The minimum atomic E-state index is -0.882. The first kappa shape index (κ1) is 10.8. The number of rotatable bonds is 0. The van der Waals surface area contributed by atoms with Crippen molar-refractivity contribution in [2.75, 3.05) is 13.1 Å². The molecule has 0 aromatic carbocycles. The highest BCUT2D eigenvalue weighted by Crippen LogP contribution is 2.40. The van der Waals surface area contributed by atoms with Gasteiger partial charge in [0.15, 0.2) is 12.2 Å². The van der Waals surface area contributed by atoms with Crippen LogP contribution in [0.25, 0.3) is 0 Å². The third-order valence-corrected chi connectivity index (χ3v) is 4.07. The van der Waals surface area contributed by atoms with Gasteiger partial charge in [-0.2, -0.15) is 0 Å². The van der Waals surface area contributed by atoms with Crippen LogP contribution in [-0.4, -0.2) is 42.1 Å². The predicted molar refractivity (Wildman–Crippen MR) is 64.8 cm³/mol. The third kappa shape index (κ3) is 1.47. The lowest BCUT2D eigenvalue weighted by Crippen LogP contribution is -2.43. The summed E-state index contributed by atoms with van der Waals surface area (Å²) in [7, 11) is 0. The molecule has 2 fully saturated rings. The Labute approximate surface area is 110 Å². The second-order valence-corrected chi connectivity index (χ2v) is 5.13. The highest BCUT2D eigenvalue weighted by molar-refractivity contribution is 6.30. The Hall–Kier alpha value is -2.04. The summed E-state index contributed by atoms with van der Waals surface area (Å²) in [5.74, 6) is -1.76. The van der Waals surface area contributed by atoms with Crippen LogP contribution in [0.2, 0.25) is 0 Å². The molecule has 2 atom stereocenters. The predicted octanol–water partition coefficient (Wildman–Crippen LogP) is 0.683. The van der Waals surface area contributed by atoms with Crippen molar-refractivity contribution >= 4 is 11.9 Å². The molecule has 3 heterocycles. The quantitative estimate of drug-likeness (QED) is 0.473. The van der Waals surface area contributed by atoms with Crippen molar-refractivity contribution in [3.8, 4) is 0 Å². The monoisotopic (exact) mass is 259 g/mol. The Kier molecular flexibility index (Phi) is 2.13. The molecule has 2 saturated heterocycles. The van der Waals surface area contributed by atoms with Crippen LogP contribution in [0, 0.1) is 0 Å². The van der Waals surface area contributed by atoms with E-state index in [1.165, 1.54) is 5.57 Å². The van der Waals surface area contributed by atoms with Gasteiger partial charge in [-0.1, -0.05) is 18.2 Å². The minimum Gasteiger partial charge on any atom is -0.448 e. The molecule has 4 aliphatic rings. The smallest absolute Gasteiger partial charge is 0.418 e. The molecule has 98 valence electrons. The average Bonchev–Trinajstić information content (AvgIpc) is 2.77. The molecule has 3 aliphatic heterocycles. The van der Waals surface area contributed by atoms with Crippen molar-refractivity contribution in [2.24, 2.45) is 0 Å². The van der Waals surface area contributed by atoms with Crippen LogP contribution in [0.5, 0.6) is 0 Å². The zero-order chi connectivity index (χ0) is 13.0. The first-order valence-electron chi connectivity index (χ1n) is 6.50. The van der Waals surface area contributed by atoms with Gasteiger partial charge in [-0.3, -0.25) is 0 Å². The summed E-state index contributed by atoms with van der Waals surface area (Å²) in [6.45, 7) is 1.50. The van der Waals surface area contributed by atoms with Crippen LogP contribution in [0.1, 0.15) is 12.8 Å². The lowest BCUT2D eigenvalue weighted by atomic mass is 9.90. The summed E-state index contributed by atoms with van der Waals surface area (Å²) in [6.07, 6.45) is 7.54. The van der Waals surface area contributed by atoms with Crippen molar-refractivity contribution < 1.29 is 19.1 Å². The van der Waals surface area contributed by atoms with Gasteiger partial charge < -0.3 is 14.4 Å². The van der Waals surface area contributed by atoms with E-state index >= 15 is 0 Å². The molecule has 5 nitrogen and oxygen atoms in total. The number of hydrogen-bond acceptors (Lipinski definition) is 5. The van der Waals surface area contributed by atoms with Gasteiger partial charge in [0.2, 0.25) is 0 Å². The summed E-state index contributed by atoms with van der Waals surface area (Å²) >= 11 is 0. The van der Waals surface area contributed by atoms with Gasteiger partial charge in [-0.25, -0.2) is 9.59 Å². The Morgan fingerprint density at radius 1 is 1.21 bits per heavy atom. The van der Waals surface area contributed by atoms with Crippen LogP contribution in [0.4, 0.5) is 0 Å². The van der Waals surface area contributed by atoms with E-state index in [9.17, 15) is 9.59 Å². The Balaban J connectivity index is 1.79. The maximum absolute atomic E-state index is 11.4. The largest absolute Gasteiger partial charge is 0.448 e. The Morgan fingerprint density at radius 3 is 2.95 bits per heavy atom. The molecule has 4 rings (SSSR count). The van der Waals surface area contributed by atoms with Crippen LogP contribution in [-0.2, 0) is 19.1 Å². The molecule has 1 aliphatic carbocycles. The number of fused-ring (bicyclic) bond motifs is 4. The molecule has 0 aromatic rings. The van der Waals surface area contributed by atoms with E-state index in [4.69, 9.17) is 9.47 Å². The SMILES string of the molecule is O=C1OC2CN3CCC4=CCC=CC4=C3C2OC1=O. The lowest BCUT2D eigenvalue weighted by molar-refractivity contribution is -0.188. The van der Waals surface area contributed by atoms with E-state index in [1.807, 2.05) is 0 Å². The summed E-state index contributed by atoms with van der Waals surface area (Å²) in [6, 6.07) is 0. The van der Waals surface area contributed by atoms with E-state index in [2.05, 4.69) is 23.1 Å².